The van der Waals surface area contributed by atoms with Gasteiger partial charge in [0.15, 0.2) is 0 Å². The minimum absolute atomic E-state index is 0.932. The van der Waals surface area contributed by atoms with Crippen LogP contribution in [0.5, 0.6) is 0 Å². The van der Waals surface area contributed by atoms with E-state index in [-0.39, 0.29) is 0 Å². The van der Waals surface area contributed by atoms with E-state index in [4.69, 9.17) is 5.41 Å². The van der Waals surface area contributed by atoms with Gasteiger partial charge >= 0.3 is 0 Å². The van der Waals surface area contributed by atoms with Crippen molar-refractivity contribution in [3.05, 3.63) is 29.3 Å². The molecule has 0 fully saturated rings. The maximum absolute atomic E-state index is 7.01. The number of unbranched alkanes of at least 4 members (excludes halogenated alkanes) is 2. The highest BCUT2D eigenvalue weighted by molar-refractivity contribution is 5.57. The molecule has 0 aliphatic carbocycles. The van der Waals surface area contributed by atoms with Gasteiger partial charge in [-0.1, -0.05) is 38.8 Å². The number of aliphatic imine (C=N–C) groups is 1. The molecule has 0 bridgehead atoms. The molecule has 0 atom stereocenters. The van der Waals surface area contributed by atoms with Crippen molar-refractivity contribution in [3.8, 4) is 0 Å². The molecule has 1 aromatic rings. The lowest BCUT2D eigenvalue weighted by Crippen LogP contribution is -1.95. The van der Waals surface area contributed by atoms with Crippen LogP contribution in [0.25, 0.3) is 0 Å². The standard InChI is InChI=1S/C15H22N2/c1-3-5-8-13-9-7-11-15(17-12-16)14(13)10-6-4-2/h7,9,11,16H,3-6,8,10H2,1-2H3. The molecule has 0 spiro atoms. The number of nitrogens with one attached hydrogen (secondary N) is 1. The predicted octanol–water partition coefficient (Wildman–Crippen LogP) is 4.76. The zero-order valence-corrected chi connectivity index (χ0v) is 10.9. The molecule has 92 valence electrons. The number of hydrogen-bond donors (Lipinski definition) is 1. The Morgan fingerprint density at radius 2 is 1.82 bits per heavy atom. The van der Waals surface area contributed by atoms with Gasteiger partial charge in [0.1, 0.15) is 0 Å². The smallest absolute Gasteiger partial charge is 0.0918 e. The van der Waals surface area contributed by atoms with E-state index < -0.39 is 0 Å². The maximum atomic E-state index is 7.01. The lowest BCUT2D eigenvalue weighted by Gasteiger charge is -2.11. The van der Waals surface area contributed by atoms with E-state index >= 15 is 0 Å². The minimum atomic E-state index is 0.932. The first-order valence-electron chi connectivity index (χ1n) is 6.56. The van der Waals surface area contributed by atoms with Crippen molar-refractivity contribution < 1.29 is 0 Å². The Balaban J connectivity index is 3.00. The fourth-order valence-corrected chi connectivity index (χ4v) is 2.03. The van der Waals surface area contributed by atoms with Crippen LogP contribution < -0.4 is 0 Å². The first-order chi connectivity index (χ1) is 8.33. The van der Waals surface area contributed by atoms with Gasteiger partial charge in [0, 0.05) is 0 Å². The van der Waals surface area contributed by atoms with E-state index in [2.05, 4.69) is 30.9 Å². The van der Waals surface area contributed by atoms with E-state index in [1.165, 1.54) is 36.8 Å². The molecule has 0 heterocycles. The Morgan fingerprint density at radius 3 is 2.47 bits per heavy atom. The van der Waals surface area contributed by atoms with Crippen molar-refractivity contribution in [1.29, 1.82) is 5.41 Å². The molecule has 0 unspecified atom stereocenters. The highest BCUT2D eigenvalue weighted by Crippen LogP contribution is 2.25. The van der Waals surface area contributed by atoms with Crippen LogP contribution in [-0.4, -0.2) is 6.01 Å². The molecule has 1 aromatic carbocycles. The summed E-state index contributed by atoms with van der Waals surface area (Å²) in [7, 11) is 0. The molecule has 17 heavy (non-hydrogen) atoms. The van der Waals surface area contributed by atoms with Crippen molar-refractivity contribution >= 4 is 11.7 Å². The molecule has 0 aromatic heterocycles. The summed E-state index contributed by atoms with van der Waals surface area (Å²) in [4.78, 5) is 4.04. The molecule has 0 aliphatic rings. The fourth-order valence-electron chi connectivity index (χ4n) is 2.03. The summed E-state index contributed by atoms with van der Waals surface area (Å²) < 4.78 is 0. The molecule has 0 saturated heterocycles. The van der Waals surface area contributed by atoms with E-state index in [1.807, 2.05) is 12.1 Å². The molecule has 0 radical (unpaired) electrons. The zero-order chi connectivity index (χ0) is 12.5. The summed E-state index contributed by atoms with van der Waals surface area (Å²) in [5, 5.41) is 7.01. The molecule has 1 N–H and O–H groups in total. The van der Waals surface area contributed by atoms with Crippen molar-refractivity contribution in [2.24, 2.45) is 4.99 Å². The number of hydrogen-bond acceptors (Lipinski definition) is 2. The maximum Gasteiger partial charge on any atom is 0.0918 e. The Bertz CT molecular complexity index is 390. The number of aryl methyl sites for hydroxylation is 1. The molecule has 0 aliphatic heterocycles. The van der Waals surface area contributed by atoms with Gasteiger partial charge in [0.25, 0.3) is 0 Å². The molecule has 0 saturated carbocycles. The Kier molecular flexibility index (Phi) is 6.27. The van der Waals surface area contributed by atoms with E-state index in [1.54, 1.807) is 0 Å². The summed E-state index contributed by atoms with van der Waals surface area (Å²) in [6, 6.07) is 8.38. The quantitative estimate of drug-likeness (QED) is 0.656. The molecule has 2 heteroatoms. The lowest BCUT2D eigenvalue weighted by molar-refractivity contribution is 0.758. The molecular weight excluding hydrogens is 208 g/mol. The Hall–Kier alpha value is -1.40. The fraction of sp³-hybridized carbons (Fsp3) is 0.533. The van der Waals surface area contributed by atoms with Crippen molar-refractivity contribution in [3.63, 3.8) is 0 Å². The largest absolute Gasteiger partial charge is 0.241 e. The predicted molar refractivity (Wildman–Crippen MR) is 73.5 cm³/mol. The third-order valence-electron chi connectivity index (χ3n) is 3.00. The summed E-state index contributed by atoms with van der Waals surface area (Å²) in [6.07, 6.45) is 7.00. The van der Waals surface area contributed by atoms with Gasteiger partial charge in [0.05, 0.1) is 11.7 Å². The van der Waals surface area contributed by atoms with Crippen molar-refractivity contribution in [2.75, 3.05) is 0 Å². The summed E-state index contributed by atoms with van der Waals surface area (Å²) >= 11 is 0. The van der Waals surface area contributed by atoms with Crippen LogP contribution in [0.15, 0.2) is 23.2 Å². The zero-order valence-electron chi connectivity index (χ0n) is 10.9. The van der Waals surface area contributed by atoms with Crippen LogP contribution in [0.4, 0.5) is 5.69 Å². The minimum Gasteiger partial charge on any atom is -0.241 e. The highest BCUT2D eigenvalue weighted by Gasteiger charge is 2.07. The SMILES string of the molecule is CCCCc1cccc(N=C=N)c1CCCC. The highest BCUT2D eigenvalue weighted by atomic mass is 14.7. The van der Waals surface area contributed by atoms with E-state index in [0.717, 1.165) is 18.5 Å². The van der Waals surface area contributed by atoms with Gasteiger partial charge in [-0.15, -0.1) is 0 Å². The lowest BCUT2D eigenvalue weighted by atomic mass is 9.96. The molecule has 0 amide bonds. The van der Waals surface area contributed by atoms with Crippen LogP contribution >= 0.6 is 0 Å². The van der Waals surface area contributed by atoms with Gasteiger partial charge < -0.3 is 0 Å². The van der Waals surface area contributed by atoms with Gasteiger partial charge in [-0.25, -0.2) is 5.41 Å². The molecule has 1 rings (SSSR count). The van der Waals surface area contributed by atoms with Crippen LogP contribution in [0.3, 0.4) is 0 Å². The van der Waals surface area contributed by atoms with E-state index in [9.17, 15) is 0 Å². The summed E-state index contributed by atoms with van der Waals surface area (Å²) in [5.74, 6) is 0. The van der Waals surface area contributed by atoms with Gasteiger partial charge in [-0.05, 0) is 42.9 Å². The first kappa shape index (κ1) is 13.7. The van der Waals surface area contributed by atoms with Crippen LogP contribution in [0.2, 0.25) is 0 Å². The monoisotopic (exact) mass is 230 g/mol. The van der Waals surface area contributed by atoms with Gasteiger partial charge in [-0.3, -0.25) is 0 Å². The van der Waals surface area contributed by atoms with Gasteiger partial charge in [0.2, 0.25) is 0 Å². The topological polar surface area (TPSA) is 36.2 Å². The Morgan fingerprint density at radius 1 is 1.12 bits per heavy atom. The summed E-state index contributed by atoms with van der Waals surface area (Å²) in [5.41, 5.74) is 3.65. The second-order valence-electron chi connectivity index (χ2n) is 4.35. The summed E-state index contributed by atoms with van der Waals surface area (Å²) in [6.45, 7) is 4.42. The average Bonchev–Trinajstić information content (AvgIpc) is 2.35. The van der Waals surface area contributed by atoms with Crippen LogP contribution in [0.1, 0.15) is 50.7 Å². The normalized spacial score (nSPS) is 10.0. The second kappa shape index (κ2) is 7.81. The average molecular weight is 230 g/mol. The molecular formula is C15H22N2. The van der Waals surface area contributed by atoms with Gasteiger partial charge in [-0.2, -0.15) is 4.99 Å². The third kappa shape index (κ3) is 4.16. The first-order valence-corrected chi connectivity index (χ1v) is 6.56. The van der Waals surface area contributed by atoms with E-state index in [0.29, 0.717) is 0 Å². The third-order valence-corrected chi connectivity index (χ3v) is 3.00. The van der Waals surface area contributed by atoms with Crippen molar-refractivity contribution in [1.82, 2.24) is 0 Å². The second-order valence-corrected chi connectivity index (χ2v) is 4.35. The van der Waals surface area contributed by atoms with Crippen LogP contribution in [0, 0.1) is 5.41 Å². The number of nitrogens with zero attached hydrogens (tertiary/aromatic N) is 1. The Labute approximate surface area is 104 Å². The molecule has 2 nitrogen and oxygen atoms in total. The van der Waals surface area contributed by atoms with Crippen molar-refractivity contribution in [2.45, 2.75) is 52.4 Å². The number of rotatable bonds is 7. The van der Waals surface area contributed by atoms with Crippen LogP contribution in [-0.2, 0) is 12.8 Å². The number of benzene rings is 1.